The molecular weight excluding hydrogens is 713 g/mol. The van der Waals surface area contributed by atoms with Crippen molar-refractivity contribution in [1.29, 1.82) is 0 Å². The van der Waals surface area contributed by atoms with Gasteiger partial charge in [0.15, 0.2) is 0 Å². The summed E-state index contributed by atoms with van der Waals surface area (Å²) in [5, 5.41) is 12.5. The van der Waals surface area contributed by atoms with Crippen LogP contribution >= 0.6 is 0 Å². The van der Waals surface area contributed by atoms with Crippen LogP contribution in [-0.4, -0.2) is 9.55 Å². The molecule has 0 atom stereocenters. The van der Waals surface area contributed by atoms with Gasteiger partial charge in [0.05, 0.1) is 11.0 Å². The van der Waals surface area contributed by atoms with E-state index in [1.807, 2.05) is 0 Å². The number of aromatic nitrogens is 2. The lowest BCUT2D eigenvalue weighted by atomic mass is 9.86. The van der Waals surface area contributed by atoms with Gasteiger partial charge in [-0.25, -0.2) is 4.98 Å². The molecule has 59 heavy (non-hydrogen) atoms. The number of imidazole rings is 1. The third-order valence-corrected chi connectivity index (χ3v) is 12.1. The van der Waals surface area contributed by atoms with Gasteiger partial charge in [0.1, 0.15) is 5.82 Å². The Morgan fingerprint density at radius 1 is 0.288 bits per heavy atom. The second-order valence-electron chi connectivity index (χ2n) is 15.5. The van der Waals surface area contributed by atoms with Crippen molar-refractivity contribution in [2.45, 2.75) is 0 Å². The Labute approximate surface area is 341 Å². The lowest BCUT2D eigenvalue weighted by Gasteiger charge is -2.18. The van der Waals surface area contributed by atoms with Crippen molar-refractivity contribution in [3.05, 3.63) is 218 Å². The van der Waals surface area contributed by atoms with Crippen LogP contribution in [0.25, 0.3) is 115 Å². The SMILES string of the molecule is c1ccc(-c2nc3ccccc3n2-c2cccc(-c3ccc4c(c3)c(-c3ccc5ccccc5c3)cc3c5ccccc5c(-c5ccc6ccccc6c5)cc43)c2)cc1. The molecule has 0 unspecified atom stereocenters. The van der Waals surface area contributed by atoms with E-state index in [4.69, 9.17) is 4.98 Å². The van der Waals surface area contributed by atoms with Crippen LogP contribution in [0.2, 0.25) is 0 Å². The molecule has 1 heterocycles. The smallest absolute Gasteiger partial charge is 0.145 e. The molecule has 0 spiro atoms. The van der Waals surface area contributed by atoms with Gasteiger partial charge in [-0.05, 0) is 142 Å². The standard InChI is InChI=1S/C57H36N2/c1-2-15-39(16-3-1)57-58-55-23-10-11-24-56(55)59(57)46-20-12-19-42(33-46)43-29-30-49-52(34-43)51(45-28-26-38-14-5-7-18-41(38)32-45)36-53-48-22-9-8-21-47(48)50(35-54(49)53)44-27-25-37-13-4-6-17-40(37)31-44/h1-36H. The fraction of sp³-hybridized carbons (Fsp3) is 0. The van der Waals surface area contributed by atoms with Crippen molar-refractivity contribution in [3.8, 4) is 50.5 Å². The molecular formula is C57H36N2. The molecule has 0 aliphatic carbocycles. The normalized spacial score (nSPS) is 11.7. The average Bonchev–Trinajstić information content (AvgIpc) is 3.71. The summed E-state index contributed by atoms with van der Waals surface area (Å²) in [7, 11) is 0. The molecule has 0 saturated carbocycles. The van der Waals surface area contributed by atoms with Crippen molar-refractivity contribution in [3.63, 3.8) is 0 Å². The highest BCUT2D eigenvalue weighted by Crippen LogP contribution is 2.44. The Kier molecular flexibility index (Phi) is 7.57. The molecule has 274 valence electrons. The van der Waals surface area contributed by atoms with Gasteiger partial charge in [0.2, 0.25) is 0 Å². The van der Waals surface area contributed by atoms with E-state index in [0.717, 1.165) is 33.7 Å². The average molecular weight is 749 g/mol. The maximum atomic E-state index is 5.13. The fourth-order valence-corrected chi connectivity index (χ4v) is 9.26. The van der Waals surface area contributed by atoms with E-state index >= 15 is 0 Å². The number of hydrogen-bond acceptors (Lipinski definition) is 1. The molecule has 2 nitrogen and oxygen atoms in total. The Hall–Kier alpha value is -7.81. The highest BCUT2D eigenvalue weighted by molar-refractivity contribution is 6.24. The molecule has 0 bridgehead atoms. The summed E-state index contributed by atoms with van der Waals surface area (Å²) < 4.78 is 2.29. The van der Waals surface area contributed by atoms with E-state index in [1.165, 1.54) is 81.7 Å². The molecule has 1 aromatic heterocycles. The number of nitrogens with zero attached hydrogens (tertiary/aromatic N) is 2. The van der Waals surface area contributed by atoms with Crippen LogP contribution in [0.4, 0.5) is 0 Å². The van der Waals surface area contributed by atoms with E-state index in [9.17, 15) is 0 Å². The van der Waals surface area contributed by atoms with E-state index in [0.29, 0.717) is 0 Å². The summed E-state index contributed by atoms with van der Waals surface area (Å²) in [6.07, 6.45) is 0. The molecule has 2 heteroatoms. The minimum absolute atomic E-state index is 0.932. The largest absolute Gasteiger partial charge is 0.292 e. The van der Waals surface area contributed by atoms with Gasteiger partial charge >= 0.3 is 0 Å². The molecule has 0 amide bonds. The second kappa shape index (κ2) is 13.4. The molecule has 0 aliphatic heterocycles. The molecule has 0 saturated heterocycles. The maximum absolute atomic E-state index is 5.13. The van der Waals surface area contributed by atoms with E-state index in [-0.39, 0.29) is 0 Å². The van der Waals surface area contributed by atoms with Gasteiger partial charge in [0.25, 0.3) is 0 Å². The quantitative estimate of drug-likeness (QED) is 0.160. The van der Waals surface area contributed by atoms with Crippen LogP contribution in [0, 0.1) is 0 Å². The Bertz CT molecular complexity index is 3610. The molecule has 0 fully saturated rings. The Balaban J connectivity index is 1.11. The van der Waals surface area contributed by atoms with Crippen LogP contribution in [-0.2, 0) is 0 Å². The minimum atomic E-state index is 0.932. The Morgan fingerprint density at radius 2 is 0.831 bits per heavy atom. The minimum Gasteiger partial charge on any atom is -0.292 e. The first-order valence-electron chi connectivity index (χ1n) is 20.3. The van der Waals surface area contributed by atoms with E-state index in [2.05, 4.69) is 223 Å². The van der Waals surface area contributed by atoms with Gasteiger partial charge in [0, 0.05) is 11.3 Å². The number of benzene rings is 11. The third kappa shape index (κ3) is 5.53. The van der Waals surface area contributed by atoms with Crippen LogP contribution in [0.1, 0.15) is 0 Å². The summed E-state index contributed by atoms with van der Waals surface area (Å²) in [6, 6.07) is 79.7. The number of fused-ring (bicyclic) bond motifs is 8. The summed E-state index contributed by atoms with van der Waals surface area (Å²) in [5.74, 6) is 0.932. The van der Waals surface area contributed by atoms with Crippen molar-refractivity contribution in [1.82, 2.24) is 9.55 Å². The summed E-state index contributed by atoms with van der Waals surface area (Å²) in [5.41, 5.74) is 11.5. The number of hydrogen-bond donors (Lipinski definition) is 0. The number of para-hydroxylation sites is 2. The fourth-order valence-electron chi connectivity index (χ4n) is 9.26. The Morgan fingerprint density at radius 3 is 1.56 bits per heavy atom. The van der Waals surface area contributed by atoms with Crippen LogP contribution in [0.3, 0.4) is 0 Å². The van der Waals surface area contributed by atoms with Gasteiger partial charge < -0.3 is 0 Å². The summed E-state index contributed by atoms with van der Waals surface area (Å²) in [4.78, 5) is 5.13. The zero-order valence-electron chi connectivity index (χ0n) is 32.2. The zero-order valence-corrected chi connectivity index (χ0v) is 32.2. The molecule has 0 N–H and O–H groups in total. The first kappa shape index (κ1) is 33.3. The highest BCUT2D eigenvalue weighted by Gasteiger charge is 2.18. The highest BCUT2D eigenvalue weighted by atomic mass is 15.1. The van der Waals surface area contributed by atoms with Gasteiger partial charge in [-0.1, -0.05) is 164 Å². The molecule has 12 rings (SSSR count). The summed E-state index contributed by atoms with van der Waals surface area (Å²) >= 11 is 0. The molecule has 0 radical (unpaired) electrons. The third-order valence-electron chi connectivity index (χ3n) is 12.1. The van der Waals surface area contributed by atoms with Gasteiger partial charge in [-0.15, -0.1) is 0 Å². The van der Waals surface area contributed by atoms with Crippen molar-refractivity contribution >= 4 is 64.9 Å². The molecule has 0 aliphatic rings. The van der Waals surface area contributed by atoms with Crippen molar-refractivity contribution < 1.29 is 0 Å². The maximum Gasteiger partial charge on any atom is 0.145 e. The predicted molar refractivity (Wildman–Crippen MR) is 250 cm³/mol. The topological polar surface area (TPSA) is 17.8 Å². The van der Waals surface area contributed by atoms with Gasteiger partial charge in [-0.2, -0.15) is 0 Å². The van der Waals surface area contributed by atoms with E-state index in [1.54, 1.807) is 0 Å². The second-order valence-corrected chi connectivity index (χ2v) is 15.5. The first-order chi connectivity index (χ1) is 29.2. The lowest BCUT2D eigenvalue weighted by molar-refractivity contribution is 1.10. The lowest BCUT2D eigenvalue weighted by Crippen LogP contribution is -1.98. The van der Waals surface area contributed by atoms with Crippen LogP contribution in [0.5, 0.6) is 0 Å². The van der Waals surface area contributed by atoms with Crippen molar-refractivity contribution in [2.75, 3.05) is 0 Å². The van der Waals surface area contributed by atoms with Gasteiger partial charge in [-0.3, -0.25) is 4.57 Å². The zero-order chi connectivity index (χ0) is 38.9. The van der Waals surface area contributed by atoms with Crippen LogP contribution in [0.15, 0.2) is 218 Å². The monoisotopic (exact) mass is 748 g/mol. The van der Waals surface area contributed by atoms with E-state index < -0.39 is 0 Å². The number of rotatable bonds is 5. The predicted octanol–water partition coefficient (Wildman–Crippen LogP) is 15.5. The molecule has 11 aromatic carbocycles. The molecule has 12 aromatic rings. The summed E-state index contributed by atoms with van der Waals surface area (Å²) in [6.45, 7) is 0. The van der Waals surface area contributed by atoms with Crippen LogP contribution < -0.4 is 0 Å². The first-order valence-corrected chi connectivity index (χ1v) is 20.3. The van der Waals surface area contributed by atoms with Crippen molar-refractivity contribution in [2.24, 2.45) is 0 Å².